The predicted molar refractivity (Wildman–Crippen MR) is 66.5 cm³/mol. The van der Waals surface area contributed by atoms with E-state index in [1.54, 1.807) is 4.90 Å². The topological polar surface area (TPSA) is 53.1 Å². The van der Waals surface area contributed by atoms with Gasteiger partial charge in [-0.15, -0.1) is 4.73 Å². The van der Waals surface area contributed by atoms with Crippen molar-refractivity contribution in [1.29, 1.82) is 0 Å². The lowest BCUT2D eigenvalue weighted by Gasteiger charge is -2.38. The molecule has 0 radical (unpaired) electrons. The van der Waals surface area contributed by atoms with E-state index in [9.17, 15) is 13.9 Å². The average Bonchev–Trinajstić information content (AvgIpc) is 2.36. The fraction of sp³-hybridized carbons (Fsp3) is 0.900. The van der Waals surface area contributed by atoms with Gasteiger partial charge in [0.15, 0.2) is 0 Å². The lowest BCUT2D eigenvalue weighted by molar-refractivity contribution is -0.135. The van der Waals surface area contributed by atoms with E-state index in [0.29, 0.717) is 26.2 Å². The van der Waals surface area contributed by atoms with Crippen LogP contribution in [0.5, 0.6) is 0 Å². The maximum Gasteiger partial charge on any atom is 0.378 e. The molecule has 1 saturated heterocycles. The third kappa shape index (κ3) is 3.09. The quantitative estimate of drug-likeness (QED) is 0.728. The molecule has 0 aromatic rings. The van der Waals surface area contributed by atoms with Gasteiger partial charge in [0.25, 0.3) is 0 Å². The van der Waals surface area contributed by atoms with Crippen molar-refractivity contribution in [3.63, 3.8) is 0 Å². The molecular weight excluding hydrogens is 260 g/mol. The molecule has 1 unspecified atom stereocenters. The van der Waals surface area contributed by atoms with E-state index in [0.717, 1.165) is 0 Å². The number of halogens is 1. The van der Waals surface area contributed by atoms with Crippen molar-refractivity contribution in [2.75, 3.05) is 40.3 Å². The molecule has 0 aromatic carbocycles. The number of piperazine rings is 1. The van der Waals surface area contributed by atoms with Crippen LogP contribution in [-0.2, 0) is 14.1 Å². The molecule has 106 valence electrons. The SMILES string of the molecule is CC(C)C(=O)N1CCN(P(=O)(OF)N(C)C)CC1. The zero-order valence-electron chi connectivity index (χ0n) is 11.3. The van der Waals surface area contributed by atoms with Crippen LogP contribution in [0.15, 0.2) is 0 Å². The summed E-state index contributed by atoms with van der Waals surface area (Å²) >= 11 is 0. The summed E-state index contributed by atoms with van der Waals surface area (Å²) in [6, 6.07) is 0. The summed E-state index contributed by atoms with van der Waals surface area (Å²) in [7, 11) is -0.554. The minimum atomic E-state index is -3.57. The molecule has 0 spiro atoms. The Balaban J connectivity index is 2.64. The van der Waals surface area contributed by atoms with Gasteiger partial charge in [0.1, 0.15) is 0 Å². The lowest BCUT2D eigenvalue weighted by atomic mass is 10.2. The monoisotopic (exact) mass is 281 g/mol. The van der Waals surface area contributed by atoms with E-state index in [1.807, 2.05) is 13.8 Å². The van der Waals surface area contributed by atoms with Gasteiger partial charge in [0.2, 0.25) is 5.91 Å². The van der Waals surface area contributed by atoms with E-state index < -0.39 is 7.67 Å². The molecule has 1 aliphatic rings. The van der Waals surface area contributed by atoms with Crippen LogP contribution in [0.4, 0.5) is 4.53 Å². The smallest absolute Gasteiger partial charge is 0.340 e. The fourth-order valence-corrected chi connectivity index (χ4v) is 3.29. The Kier molecular flexibility index (Phi) is 5.28. The van der Waals surface area contributed by atoms with Gasteiger partial charge < -0.3 is 4.90 Å². The highest BCUT2D eigenvalue weighted by molar-refractivity contribution is 7.53. The van der Waals surface area contributed by atoms with Crippen LogP contribution in [0.3, 0.4) is 0 Å². The number of amides is 1. The highest BCUT2D eigenvalue weighted by Crippen LogP contribution is 2.53. The van der Waals surface area contributed by atoms with Crippen molar-refractivity contribution in [1.82, 2.24) is 14.2 Å². The Hall–Kier alpha value is -0.490. The summed E-state index contributed by atoms with van der Waals surface area (Å²) in [6.07, 6.45) is 0. The molecule has 1 heterocycles. The van der Waals surface area contributed by atoms with E-state index >= 15 is 0 Å². The second-order valence-electron chi connectivity index (χ2n) is 4.84. The van der Waals surface area contributed by atoms with Gasteiger partial charge in [0, 0.05) is 32.1 Å². The molecule has 1 amide bonds. The van der Waals surface area contributed by atoms with Crippen LogP contribution in [0, 0.1) is 5.92 Å². The summed E-state index contributed by atoms with van der Waals surface area (Å²) in [5, 5.41) is 0. The van der Waals surface area contributed by atoms with E-state index in [2.05, 4.69) is 4.73 Å². The molecule has 1 atom stereocenters. The normalized spacial score (nSPS) is 21.4. The van der Waals surface area contributed by atoms with Crippen molar-refractivity contribution in [3.05, 3.63) is 0 Å². The van der Waals surface area contributed by atoms with Crippen molar-refractivity contribution in [2.24, 2.45) is 5.92 Å². The Bertz CT molecular complexity index is 343. The standard InChI is InChI=1S/C10H21FN3O3P/c1-9(2)10(15)13-5-7-14(8-6-13)18(16,17-11)12(3)4/h9H,5-8H2,1-4H3. The fourth-order valence-electron chi connectivity index (χ4n) is 1.89. The second-order valence-corrected chi connectivity index (χ2v) is 7.33. The zero-order valence-corrected chi connectivity index (χ0v) is 12.2. The molecule has 8 heteroatoms. The average molecular weight is 281 g/mol. The van der Waals surface area contributed by atoms with Crippen LogP contribution in [0.2, 0.25) is 0 Å². The van der Waals surface area contributed by atoms with E-state index in [-0.39, 0.29) is 11.8 Å². The molecule has 0 N–H and O–H groups in total. The van der Waals surface area contributed by atoms with Crippen LogP contribution in [0.1, 0.15) is 13.8 Å². The van der Waals surface area contributed by atoms with Gasteiger partial charge in [-0.05, 0) is 18.6 Å². The third-order valence-corrected chi connectivity index (χ3v) is 5.32. The molecule has 0 bridgehead atoms. The summed E-state index contributed by atoms with van der Waals surface area (Å²) in [5.74, 6) is 0.00475. The number of rotatable bonds is 4. The lowest BCUT2D eigenvalue weighted by Crippen LogP contribution is -2.49. The van der Waals surface area contributed by atoms with E-state index in [1.165, 1.54) is 23.4 Å². The molecule has 6 nitrogen and oxygen atoms in total. The van der Waals surface area contributed by atoms with Crippen molar-refractivity contribution < 1.29 is 18.6 Å². The zero-order chi connectivity index (χ0) is 13.9. The molecule has 1 rings (SSSR count). The number of hydrogen-bond donors (Lipinski definition) is 0. The van der Waals surface area contributed by atoms with Gasteiger partial charge in [0.05, 0.1) is 0 Å². The summed E-state index contributed by atoms with van der Waals surface area (Å²) in [6.45, 7) is 5.25. The van der Waals surface area contributed by atoms with Gasteiger partial charge in [-0.2, -0.15) is 0 Å². The van der Waals surface area contributed by atoms with Crippen molar-refractivity contribution >= 4 is 13.6 Å². The minimum Gasteiger partial charge on any atom is -0.340 e. The third-order valence-electron chi connectivity index (χ3n) is 3.01. The summed E-state index contributed by atoms with van der Waals surface area (Å²) < 4.78 is 31.1. The first-order valence-corrected chi connectivity index (χ1v) is 7.48. The first-order chi connectivity index (χ1) is 8.32. The number of nitrogens with zero attached hydrogens (tertiary/aromatic N) is 3. The molecule has 0 aliphatic carbocycles. The van der Waals surface area contributed by atoms with Crippen molar-refractivity contribution in [2.45, 2.75) is 13.8 Å². The minimum absolute atomic E-state index is 0.0605. The van der Waals surface area contributed by atoms with E-state index in [4.69, 9.17) is 0 Å². The Labute approximate surface area is 107 Å². The maximum atomic E-state index is 12.5. The maximum absolute atomic E-state index is 12.5. The Morgan fingerprint density at radius 1 is 1.28 bits per heavy atom. The van der Waals surface area contributed by atoms with Crippen LogP contribution >= 0.6 is 7.67 Å². The summed E-state index contributed by atoms with van der Waals surface area (Å²) in [4.78, 5) is 13.5. The molecule has 0 saturated carbocycles. The highest BCUT2D eigenvalue weighted by atomic mass is 31.2. The number of hydrogen-bond acceptors (Lipinski definition) is 3. The first-order valence-electron chi connectivity index (χ1n) is 5.95. The Morgan fingerprint density at radius 3 is 2.11 bits per heavy atom. The molecule has 1 aliphatic heterocycles. The molecule has 18 heavy (non-hydrogen) atoms. The van der Waals surface area contributed by atoms with Crippen LogP contribution < -0.4 is 0 Å². The predicted octanol–water partition coefficient (Wildman–Crippen LogP) is 1.36. The second kappa shape index (κ2) is 6.10. The van der Waals surface area contributed by atoms with Crippen LogP contribution in [-0.4, -0.2) is 60.4 Å². The van der Waals surface area contributed by atoms with Gasteiger partial charge >= 0.3 is 7.67 Å². The first kappa shape index (κ1) is 15.6. The molecule has 1 fully saturated rings. The number of carbonyl (C=O) groups is 1. The Morgan fingerprint density at radius 2 is 1.78 bits per heavy atom. The van der Waals surface area contributed by atoms with Crippen LogP contribution in [0.25, 0.3) is 0 Å². The molecular formula is C10H21FN3O3P. The largest absolute Gasteiger partial charge is 0.378 e. The summed E-state index contributed by atoms with van der Waals surface area (Å²) in [5.41, 5.74) is 0. The van der Waals surface area contributed by atoms with Gasteiger partial charge in [-0.25, -0.2) is 9.34 Å². The molecule has 0 aromatic heterocycles. The van der Waals surface area contributed by atoms with Crippen molar-refractivity contribution in [3.8, 4) is 0 Å². The highest BCUT2D eigenvalue weighted by Gasteiger charge is 2.38. The van der Waals surface area contributed by atoms with Gasteiger partial charge in [-0.3, -0.25) is 9.36 Å². The van der Waals surface area contributed by atoms with Gasteiger partial charge in [-0.1, -0.05) is 13.8 Å². The number of carbonyl (C=O) groups excluding carboxylic acids is 1.